The van der Waals surface area contributed by atoms with Gasteiger partial charge in [-0.1, -0.05) is 114 Å². The number of aliphatic hydroxyl groups excluding tert-OH is 1. The average Bonchev–Trinajstić information content (AvgIpc) is 3.11. The van der Waals surface area contributed by atoms with E-state index in [1.54, 1.807) is 7.11 Å². The molecule has 2 aliphatic carbocycles. The van der Waals surface area contributed by atoms with Gasteiger partial charge in [-0.25, -0.2) is 0 Å². The summed E-state index contributed by atoms with van der Waals surface area (Å²) in [5.74, 6) is 0.690. The van der Waals surface area contributed by atoms with Crippen LogP contribution in [0.3, 0.4) is 0 Å². The molecule has 40 heavy (non-hydrogen) atoms. The third kappa shape index (κ3) is 5.53. The van der Waals surface area contributed by atoms with Crippen molar-refractivity contribution in [3.8, 4) is 0 Å². The van der Waals surface area contributed by atoms with Gasteiger partial charge in [-0.2, -0.15) is 0 Å². The fourth-order valence-electron chi connectivity index (χ4n) is 8.07. The number of hydrogen-bond acceptors (Lipinski definition) is 4. The Bertz CT molecular complexity index is 1080. The van der Waals surface area contributed by atoms with Gasteiger partial charge in [-0.15, -0.1) is 0 Å². The lowest BCUT2D eigenvalue weighted by atomic mass is 9.52. The monoisotopic (exact) mass is 564 g/mol. The van der Waals surface area contributed by atoms with Crippen molar-refractivity contribution in [2.24, 2.45) is 28.6 Å². The predicted molar refractivity (Wildman–Crippen MR) is 167 cm³/mol. The molecular formula is C35H52O4Si. The molecule has 4 rings (SSSR count). The fourth-order valence-corrected chi connectivity index (χ4v) is 12.7. The van der Waals surface area contributed by atoms with Gasteiger partial charge in [0.15, 0.2) is 0 Å². The first-order valence-corrected chi connectivity index (χ1v) is 17.0. The molecule has 1 fully saturated rings. The van der Waals surface area contributed by atoms with Crippen molar-refractivity contribution < 1.29 is 19.0 Å². The summed E-state index contributed by atoms with van der Waals surface area (Å²) in [7, 11) is -1.04. The van der Waals surface area contributed by atoms with Gasteiger partial charge in [0, 0.05) is 20.3 Å². The SMILES string of the molecule is COCOCCC[C@@]12C=C(C)C(C)(C)[C@@H]1C[C@H](O)[C@@H](C)[C@@H]2CO[Si](c1ccccc1)(c1ccccc1)C(C)(C)C. The highest BCUT2D eigenvalue weighted by molar-refractivity contribution is 6.99. The second-order valence-electron chi connectivity index (χ2n) is 13.9. The first-order valence-electron chi connectivity index (χ1n) is 15.1. The number of aliphatic hydroxyl groups is 1. The summed E-state index contributed by atoms with van der Waals surface area (Å²) in [5, 5.41) is 14.0. The molecule has 2 aromatic rings. The van der Waals surface area contributed by atoms with Crippen LogP contribution in [0.4, 0.5) is 0 Å². The Labute approximate surface area is 244 Å². The highest BCUT2D eigenvalue weighted by atomic mass is 28.4. The molecule has 0 saturated heterocycles. The van der Waals surface area contributed by atoms with Crippen molar-refractivity contribution >= 4 is 18.7 Å². The third-order valence-electron chi connectivity index (χ3n) is 10.4. The zero-order valence-electron chi connectivity index (χ0n) is 26.1. The number of hydrogen-bond donors (Lipinski definition) is 1. The van der Waals surface area contributed by atoms with Crippen molar-refractivity contribution in [3.63, 3.8) is 0 Å². The summed E-state index contributed by atoms with van der Waals surface area (Å²) in [6, 6.07) is 21.8. The zero-order valence-corrected chi connectivity index (χ0v) is 27.1. The highest BCUT2D eigenvalue weighted by Crippen LogP contribution is 2.64. The van der Waals surface area contributed by atoms with Crippen molar-refractivity contribution in [1.82, 2.24) is 0 Å². The summed E-state index contributed by atoms with van der Waals surface area (Å²) in [6.45, 7) is 17.9. The Balaban J connectivity index is 1.78. The van der Waals surface area contributed by atoms with Crippen molar-refractivity contribution in [2.45, 2.75) is 78.9 Å². The Morgan fingerprint density at radius 1 is 0.975 bits per heavy atom. The van der Waals surface area contributed by atoms with Gasteiger partial charge in [0.2, 0.25) is 0 Å². The second kappa shape index (κ2) is 12.2. The van der Waals surface area contributed by atoms with Crippen LogP contribution in [0.1, 0.15) is 67.7 Å². The number of ether oxygens (including phenoxy) is 2. The van der Waals surface area contributed by atoms with Crippen LogP contribution < -0.4 is 10.4 Å². The summed E-state index contributed by atoms with van der Waals surface area (Å²) in [6.07, 6.45) is 5.05. The van der Waals surface area contributed by atoms with Crippen LogP contribution in [-0.4, -0.2) is 46.6 Å². The molecule has 220 valence electrons. The van der Waals surface area contributed by atoms with Gasteiger partial charge < -0.3 is 19.0 Å². The van der Waals surface area contributed by atoms with Crippen LogP contribution in [0.25, 0.3) is 0 Å². The quantitative estimate of drug-likeness (QED) is 0.145. The molecule has 1 N–H and O–H groups in total. The second-order valence-corrected chi connectivity index (χ2v) is 18.2. The van der Waals surface area contributed by atoms with Crippen LogP contribution in [0.5, 0.6) is 0 Å². The van der Waals surface area contributed by atoms with E-state index in [0.717, 1.165) is 19.3 Å². The maximum atomic E-state index is 11.5. The van der Waals surface area contributed by atoms with Crippen LogP contribution >= 0.6 is 0 Å². The Kier molecular flexibility index (Phi) is 9.53. The molecule has 0 amide bonds. The molecule has 0 aliphatic heterocycles. The first kappa shape index (κ1) is 31.2. The van der Waals surface area contributed by atoms with Crippen molar-refractivity contribution in [1.29, 1.82) is 0 Å². The van der Waals surface area contributed by atoms with Gasteiger partial charge in [0.25, 0.3) is 8.32 Å². The molecule has 0 bridgehead atoms. The maximum absolute atomic E-state index is 11.5. The lowest BCUT2D eigenvalue weighted by Crippen LogP contribution is -2.67. The molecule has 2 aliphatic rings. The average molecular weight is 565 g/mol. The number of benzene rings is 2. The van der Waals surface area contributed by atoms with Gasteiger partial charge >= 0.3 is 0 Å². The zero-order chi connectivity index (χ0) is 29.2. The third-order valence-corrected chi connectivity index (χ3v) is 15.4. The molecule has 0 heterocycles. The van der Waals surface area contributed by atoms with Crippen molar-refractivity contribution in [3.05, 3.63) is 72.3 Å². The Hall–Kier alpha value is -1.76. The number of fused-ring (bicyclic) bond motifs is 1. The topological polar surface area (TPSA) is 47.9 Å². The number of rotatable bonds is 11. The largest absolute Gasteiger partial charge is 0.407 e. The molecule has 0 aromatic heterocycles. The Morgan fingerprint density at radius 3 is 2.08 bits per heavy atom. The fraction of sp³-hybridized carbons (Fsp3) is 0.600. The number of methoxy groups -OCH3 is 1. The van der Waals surface area contributed by atoms with Crippen molar-refractivity contribution in [2.75, 3.05) is 27.1 Å². The summed E-state index contributed by atoms with van der Waals surface area (Å²) in [5.41, 5.74) is 1.42. The predicted octanol–water partition coefficient (Wildman–Crippen LogP) is 6.57. The molecule has 2 aromatic carbocycles. The van der Waals surface area contributed by atoms with E-state index in [4.69, 9.17) is 13.9 Å². The summed E-state index contributed by atoms with van der Waals surface area (Å²) < 4.78 is 18.4. The summed E-state index contributed by atoms with van der Waals surface area (Å²) >= 11 is 0. The molecule has 0 radical (unpaired) electrons. The lowest BCUT2D eigenvalue weighted by Gasteiger charge is -2.55. The van der Waals surface area contributed by atoms with Gasteiger partial charge in [-0.05, 0) is 70.2 Å². The van der Waals surface area contributed by atoms with E-state index in [1.165, 1.54) is 15.9 Å². The van der Waals surface area contributed by atoms with E-state index in [9.17, 15) is 5.11 Å². The normalized spacial score (nSPS) is 28.3. The van der Waals surface area contributed by atoms with E-state index in [0.29, 0.717) is 25.9 Å². The van der Waals surface area contributed by atoms with Gasteiger partial charge in [-0.3, -0.25) is 0 Å². The van der Waals surface area contributed by atoms with E-state index in [1.807, 2.05) is 0 Å². The molecule has 0 unspecified atom stereocenters. The first-order chi connectivity index (χ1) is 18.9. The van der Waals surface area contributed by atoms with Crippen LogP contribution in [-0.2, 0) is 13.9 Å². The molecule has 1 saturated carbocycles. The molecule has 5 heteroatoms. The van der Waals surface area contributed by atoms with E-state index in [2.05, 4.69) is 115 Å². The highest BCUT2D eigenvalue weighted by Gasteiger charge is 2.60. The minimum Gasteiger partial charge on any atom is -0.407 e. The minimum absolute atomic E-state index is 0.0319. The van der Waals surface area contributed by atoms with E-state index in [-0.39, 0.29) is 33.8 Å². The molecule has 4 nitrogen and oxygen atoms in total. The van der Waals surface area contributed by atoms with Gasteiger partial charge in [0.1, 0.15) is 6.79 Å². The van der Waals surface area contributed by atoms with Crippen LogP contribution in [0.2, 0.25) is 5.04 Å². The van der Waals surface area contributed by atoms with E-state index >= 15 is 0 Å². The Morgan fingerprint density at radius 2 is 1.55 bits per heavy atom. The van der Waals surface area contributed by atoms with E-state index < -0.39 is 8.32 Å². The standard InChI is InChI=1S/C35H52O4Si/c1-26-23-35(20-15-21-38-25-37-8)30(27(2)31(36)22-32(35)34(26,6)7)24-39-40(33(3,4)5,28-16-11-9-12-17-28)29-18-13-10-14-19-29/h9-14,16-19,23,27,30-32,36H,15,20-22,24-25H2,1-8H3/t27-,30-,31-,32-,35-/m0/s1. The minimum atomic E-state index is -2.71. The smallest absolute Gasteiger partial charge is 0.261 e. The maximum Gasteiger partial charge on any atom is 0.261 e. The lowest BCUT2D eigenvalue weighted by molar-refractivity contribution is -0.101. The number of allylic oxidation sites excluding steroid dienone is 2. The molecule has 0 spiro atoms. The molecular weight excluding hydrogens is 512 g/mol. The van der Waals surface area contributed by atoms with Crippen LogP contribution in [0.15, 0.2) is 72.3 Å². The molecule has 5 atom stereocenters. The van der Waals surface area contributed by atoms with Gasteiger partial charge in [0.05, 0.1) is 6.10 Å². The summed E-state index contributed by atoms with van der Waals surface area (Å²) in [4.78, 5) is 0. The van der Waals surface area contributed by atoms with Crippen LogP contribution in [0, 0.1) is 28.6 Å².